The van der Waals surface area contributed by atoms with Crippen LogP contribution in [0.3, 0.4) is 0 Å². The lowest BCUT2D eigenvalue weighted by molar-refractivity contribution is 0.767. The van der Waals surface area contributed by atoms with E-state index < -0.39 is 0 Å². The molecule has 62 valence electrons. The minimum atomic E-state index is 0.652. The lowest BCUT2D eigenvalue weighted by atomic mass is 9.83. The maximum Gasteiger partial charge on any atom is 0.00584 e. The molecule has 2 aliphatic rings. The van der Waals surface area contributed by atoms with Crippen LogP contribution in [0.15, 0.2) is 47.1 Å². The van der Waals surface area contributed by atoms with Crippen LogP contribution in [0.4, 0.5) is 0 Å². The first-order valence-electron chi connectivity index (χ1n) is 4.51. The van der Waals surface area contributed by atoms with Crippen LogP contribution in [-0.2, 0) is 0 Å². The van der Waals surface area contributed by atoms with Crippen molar-refractivity contribution in [1.29, 1.82) is 0 Å². The van der Waals surface area contributed by atoms with Crippen LogP contribution in [-0.4, -0.2) is 0 Å². The highest BCUT2D eigenvalue weighted by atomic mass is 14.2. The van der Waals surface area contributed by atoms with Crippen LogP contribution in [0.2, 0.25) is 0 Å². The minimum Gasteiger partial charge on any atom is -0.0836 e. The van der Waals surface area contributed by atoms with E-state index in [1.54, 1.807) is 0 Å². The molecular weight excluding hydrogens is 144 g/mol. The molecule has 12 heavy (non-hydrogen) atoms. The summed E-state index contributed by atoms with van der Waals surface area (Å²) in [6, 6.07) is 0. The van der Waals surface area contributed by atoms with Crippen LogP contribution in [0.5, 0.6) is 0 Å². The summed E-state index contributed by atoms with van der Waals surface area (Å²) >= 11 is 0. The van der Waals surface area contributed by atoms with Gasteiger partial charge in [-0.1, -0.05) is 36.0 Å². The molecule has 2 aliphatic carbocycles. The predicted molar refractivity (Wildman–Crippen MR) is 52.8 cm³/mol. The van der Waals surface area contributed by atoms with Crippen molar-refractivity contribution < 1.29 is 0 Å². The summed E-state index contributed by atoms with van der Waals surface area (Å²) < 4.78 is 0. The number of hydrogen-bond acceptors (Lipinski definition) is 0. The summed E-state index contributed by atoms with van der Waals surface area (Å²) in [6.07, 6.45) is 12.5. The summed E-state index contributed by atoms with van der Waals surface area (Å²) in [5, 5.41) is 0. The fourth-order valence-corrected chi connectivity index (χ4v) is 1.78. The summed E-state index contributed by atoms with van der Waals surface area (Å²) in [4.78, 5) is 0. The van der Waals surface area contributed by atoms with Crippen molar-refractivity contribution in [1.82, 2.24) is 0 Å². The highest BCUT2D eigenvalue weighted by molar-refractivity contribution is 5.45. The van der Waals surface area contributed by atoms with Crippen molar-refractivity contribution in [2.75, 3.05) is 0 Å². The lowest BCUT2D eigenvalue weighted by Crippen LogP contribution is -2.06. The zero-order valence-electron chi connectivity index (χ0n) is 7.67. The van der Waals surface area contributed by atoms with Crippen molar-refractivity contribution in [2.45, 2.75) is 20.3 Å². The van der Waals surface area contributed by atoms with Gasteiger partial charge < -0.3 is 0 Å². The second-order valence-corrected chi connectivity index (χ2v) is 3.61. The third-order valence-electron chi connectivity index (χ3n) is 2.70. The van der Waals surface area contributed by atoms with Crippen LogP contribution < -0.4 is 0 Å². The molecule has 0 N–H and O–H groups in total. The van der Waals surface area contributed by atoms with E-state index in [-0.39, 0.29) is 0 Å². The average molecular weight is 158 g/mol. The Morgan fingerprint density at radius 3 is 2.92 bits per heavy atom. The van der Waals surface area contributed by atoms with Gasteiger partial charge in [0.1, 0.15) is 0 Å². The van der Waals surface area contributed by atoms with Crippen LogP contribution in [0.25, 0.3) is 0 Å². The van der Waals surface area contributed by atoms with E-state index in [2.05, 4.69) is 44.2 Å². The molecule has 0 fully saturated rings. The number of allylic oxidation sites excluding steroid dienone is 8. The van der Waals surface area contributed by atoms with Crippen LogP contribution in [0.1, 0.15) is 20.3 Å². The smallest absolute Gasteiger partial charge is 0.00584 e. The first-order valence-corrected chi connectivity index (χ1v) is 4.51. The largest absolute Gasteiger partial charge is 0.0836 e. The Morgan fingerprint density at radius 2 is 2.08 bits per heavy atom. The summed E-state index contributed by atoms with van der Waals surface area (Å²) in [6.45, 7) is 4.38. The second kappa shape index (κ2) is 2.78. The van der Waals surface area contributed by atoms with E-state index in [0.717, 1.165) is 0 Å². The van der Waals surface area contributed by atoms with Gasteiger partial charge in [-0.15, -0.1) is 0 Å². The average Bonchev–Trinajstić information content (AvgIpc) is 2.07. The van der Waals surface area contributed by atoms with E-state index in [9.17, 15) is 0 Å². The molecule has 0 amide bonds. The van der Waals surface area contributed by atoms with Crippen molar-refractivity contribution in [2.24, 2.45) is 5.92 Å². The molecule has 1 unspecified atom stereocenters. The summed E-state index contributed by atoms with van der Waals surface area (Å²) in [5.74, 6) is 0.652. The lowest BCUT2D eigenvalue weighted by Gasteiger charge is -2.22. The zero-order chi connectivity index (χ0) is 8.55. The van der Waals surface area contributed by atoms with E-state index in [0.29, 0.717) is 5.92 Å². The number of rotatable bonds is 0. The fraction of sp³-hybridized carbons (Fsp3) is 0.333. The van der Waals surface area contributed by atoms with Gasteiger partial charge in [-0.05, 0) is 31.4 Å². The molecule has 0 aliphatic heterocycles. The van der Waals surface area contributed by atoms with E-state index in [1.165, 1.54) is 23.1 Å². The molecule has 2 rings (SSSR count). The SMILES string of the molecule is CC1=CC2=CC=CCC2C=C1C. The summed E-state index contributed by atoms with van der Waals surface area (Å²) in [5.41, 5.74) is 4.32. The molecular formula is C12H14. The molecule has 1 atom stereocenters. The third-order valence-corrected chi connectivity index (χ3v) is 2.70. The van der Waals surface area contributed by atoms with Gasteiger partial charge in [-0.3, -0.25) is 0 Å². The van der Waals surface area contributed by atoms with Crippen molar-refractivity contribution in [3.8, 4) is 0 Å². The zero-order valence-corrected chi connectivity index (χ0v) is 7.67. The Bertz CT molecular complexity index is 311. The standard InChI is InChI=1S/C12H14/c1-9-7-11-5-3-4-6-12(11)8-10(9)2/h3-5,7-8,12H,6H2,1-2H3. The van der Waals surface area contributed by atoms with E-state index in [4.69, 9.17) is 0 Å². The monoisotopic (exact) mass is 158 g/mol. The molecule has 0 saturated carbocycles. The molecule has 0 heterocycles. The highest BCUT2D eigenvalue weighted by Gasteiger charge is 2.15. The van der Waals surface area contributed by atoms with Crippen molar-refractivity contribution >= 4 is 0 Å². The second-order valence-electron chi connectivity index (χ2n) is 3.61. The maximum absolute atomic E-state index is 2.38. The molecule has 0 heteroatoms. The van der Waals surface area contributed by atoms with Gasteiger partial charge in [0.15, 0.2) is 0 Å². The van der Waals surface area contributed by atoms with Crippen molar-refractivity contribution in [3.05, 3.63) is 47.1 Å². The molecule has 0 bridgehead atoms. The quantitative estimate of drug-likeness (QED) is 0.507. The molecule has 0 saturated heterocycles. The van der Waals surface area contributed by atoms with Gasteiger partial charge in [-0.25, -0.2) is 0 Å². The first-order chi connectivity index (χ1) is 5.77. The van der Waals surface area contributed by atoms with Gasteiger partial charge >= 0.3 is 0 Å². The normalized spacial score (nSPS) is 27.2. The van der Waals surface area contributed by atoms with Gasteiger partial charge in [-0.2, -0.15) is 0 Å². The molecule has 0 nitrogen and oxygen atoms in total. The summed E-state index contributed by atoms with van der Waals surface area (Å²) in [7, 11) is 0. The van der Waals surface area contributed by atoms with E-state index >= 15 is 0 Å². The van der Waals surface area contributed by atoms with Gasteiger partial charge in [0.05, 0.1) is 0 Å². The number of fused-ring (bicyclic) bond motifs is 1. The molecule has 0 aromatic carbocycles. The molecule has 0 radical (unpaired) electrons. The van der Waals surface area contributed by atoms with E-state index in [1.807, 2.05) is 0 Å². The van der Waals surface area contributed by atoms with Gasteiger partial charge in [0.2, 0.25) is 0 Å². The van der Waals surface area contributed by atoms with Gasteiger partial charge in [0.25, 0.3) is 0 Å². The van der Waals surface area contributed by atoms with Gasteiger partial charge in [0, 0.05) is 5.92 Å². The Morgan fingerprint density at radius 1 is 1.25 bits per heavy atom. The Kier molecular flexibility index (Phi) is 1.76. The predicted octanol–water partition coefficient (Wildman–Crippen LogP) is 3.40. The maximum atomic E-state index is 2.38. The topological polar surface area (TPSA) is 0 Å². The molecule has 0 aromatic heterocycles. The fourth-order valence-electron chi connectivity index (χ4n) is 1.78. The third kappa shape index (κ3) is 1.18. The Hall–Kier alpha value is -1.04. The number of hydrogen-bond donors (Lipinski definition) is 0. The Balaban J connectivity index is 2.39. The minimum absolute atomic E-state index is 0.652. The molecule has 0 spiro atoms. The Labute approximate surface area is 74.0 Å². The van der Waals surface area contributed by atoms with Crippen molar-refractivity contribution in [3.63, 3.8) is 0 Å². The first kappa shape index (κ1) is 7.60. The van der Waals surface area contributed by atoms with Crippen LogP contribution in [0, 0.1) is 5.92 Å². The molecule has 0 aromatic rings. The van der Waals surface area contributed by atoms with Crippen LogP contribution >= 0.6 is 0 Å². The highest BCUT2D eigenvalue weighted by Crippen LogP contribution is 2.31.